The Hall–Kier alpha value is -1.84. The van der Waals surface area contributed by atoms with Crippen LogP contribution in [0.5, 0.6) is 11.5 Å². The summed E-state index contributed by atoms with van der Waals surface area (Å²) in [5.41, 5.74) is 0.306. The second kappa shape index (κ2) is 9.32. The monoisotopic (exact) mass is 425 g/mol. The van der Waals surface area contributed by atoms with Crippen LogP contribution in [0.2, 0.25) is 0 Å². The molecule has 1 saturated carbocycles. The SMILES string of the molecule is COc1cc(OC)c(S(=O)(=O)N2CCN(C3CCCCC3)CC2)cc1NC(C)=O. The lowest BCUT2D eigenvalue weighted by Gasteiger charge is -2.40. The van der Waals surface area contributed by atoms with E-state index in [1.165, 1.54) is 69.7 Å². The van der Waals surface area contributed by atoms with Gasteiger partial charge in [-0.2, -0.15) is 4.31 Å². The van der Waals surface area contributed by atoms with Crippen LogP contribution < -0.4 is 14.8 Å². The van der Waals surface area contributed by atoms with E-state index in [-0.39, 0.29) is 16.6 Å². The Kier molecular flexibility index (Phi) is 7.02. The minimum atomic E-state index is -3.77. The number of benzene rings is 1. The van der Waals surface area contributed by atoms with Gasteiger partial charge in [0.15, 0.2) is 0 Å². The maximum absolute atomic E-state index is 13.4. The number of hydrogen-bond acceptors (Lipinski definition) is 6. The minimum Gasteiger partial charge on any atom is -0.495 e. The first-order valence-electron chi connectivity index (χ1n) is 10.1. The maximum atomic E-state index is 13.4. The second-order valence-corrected chi connectivity index (χ2v) is 9.52. The van der Waals surface area contributed by atoms with Crippen molar-refractivity contribution in [2.24, 2.45) is 0 Å². The number of ether oxygens (including phenoxy) is 2. The first-order chi connectivity index (χ1) is 13.9. The molecule has 1 saturated heterocycles. The average Bonchev–Trinajstić information content (AvgIpc) is 2.73. The molecule has 0 radical (unpaired) electrons. The Morgan fingerprint density at radius 3 is 2.17 bits per heavy atom. The van der Waals surface area contributed by atoms with E-state index in [4.69, 9.17) is 9.47 Å². The fourth-order valence-electron chi connectivity index (χ4n) is 4.25. The van der Waals surface area contributed by atoms with Crippen molar-refractivity contribution in [2.45, 2.75) is 50.0 Å². The highest BCUT2D eigenvalue weighted by molar-refractivity contribution is 7.89. The second-order valence-electron chi connectivity index (χ2n) is 7.62. The van der Waals surface area contributed by atoms with Crippen LogP contribution in [0, 0.1) is 0 Å². The van der Waals surface area contributed by atoms with Gasteiger partial charge in [0, 0.05) is 45.2 Å². The Morgan fingerprint density at radius 1 is 1.00 bits per heavy atom. The predicted octanol–water partition coefficient (Wildman–Crippen LogP) is 2.30. The molecule has 8 nitrogen and oxygen atoms in total. The smallest absolute Gasteiger partial charge is 0.246 e. The Morgan fingerprint density at radius 2 is 1.62 bits per heavy atom. The van der Waals surface area contributed by atoms with Crippen molar-refractivity contribution in [3.63, 3.8) is 0 Å². The summed E-state index contributed by atoms with van der Waals surface area (Å²) in [6.07, 6.45) is 6.24. The van der Waals surface area contributed by atoms with Gasteiger partial charge in [-0.25, -0.2) is 8.42 Å². The van der Waals surface area contributed by atoms with Crippen LogP contribution in [0.4, 0.5) is 5.69 Å². The summed E-state index contributed by atoms with van der Waals surface area (Å²) >= 11 is 0. The number of sulfonamides is 1. The van der Waals surface area contributed by atoms with Crippen molar-refractivity contribution >= 4 is 21.6 Å². The molecular formula is C20H31N3O5S. The number of carbonyl (C=O) groups excluding carboxylic acids is 1. The third kappa shape index (κ3) is 4.84. The summed E-state index contributed by atoms with van der Waals surface area (Å²) in [5, 5.41) is 2.63. The maximum Gasteiger partial charge on any atom is 0.246 e. The van der Waals surface area contributed by atoms with E-state index in [1.54, 1.807) is 0 Å². The predicted molar refractivity (Wildman–Crippen MR) is 111 cm³/mol. The van der Waals surface area contributed by atoms with E-state index < -0.39 is 10.0 Å². The van der Waals surface area contributed by atoms with E-state index in [2.05, 4.69) is 10.2 Å². The molecule has 2 aliphatic rings. The van der Waals surface area contributed by atoms with Gasteiger partial charge in [-0.1, -0.05) is 19.3 Å². The van der Waals surface area contributed by atoms with Crippen molar-refractivity contribution in [2.75, 3.05) is 45.7 Å². The van der Waals surface area contributed by atoms with Crippen molar-refractivity contribution in [1.29, 1.82) is 0 Å². The number of carbonyl (C=O) groups is 1. The zero-order valence-electron chi connectivity index (χ0n) is 17.4. The summed E-state index contributed by atoms with van der Waals surface area (Å²) in [6.45, 7) is 3.73. The lowest BCUT2D eigenvalue weighted by Crippen LogP contribution is -2.52. The molecule has 1 amide bonds. The number of nitrogens with zero attached hydrogens (tertiary/aromatic N) is 2. The molecule has 9 heteroatoms. The molecule has 1 N–H and O–H groups in total. The zero-order chi connectivity index (χ0) is 21.0. The number of amides is 1. The largest absolute Gasteiger partial charge is 0.495 e. The van der Waals surface area contributed by atoms with Crippen molar-refractivity contribution in [1.82, 2.24) is 9.21 Å². The Balaban J connectivity index is 1.82. The van der Waals surface area contributed by atoms with Crippen LogP contribution in [0.1, 0.15) is 39.0 Å². The van der Waals surface area contributed by atoms with E-state index >= 15 is 0 Å². The molecule has 1 aromatic rings. The van der Waals surface area contributed by atoms with Gasteiger partial charge in [-0.3, -0.25) is 9.69 Å². The molecule has 0 unspecified atom stereocenters. The number of nitrogens with one attached hydrogen (secondary N) is 1. The molecule has 3 rings (SSSR count). The van der Waals surface area contributed by atoms with Crippen LogP contribution in [-0.4, -0.2) is 70.0 Å². The summed E-state index contributed by atoms with van der Waals surface area (Å²) < 4.78 is 38.8. The lowest BCUT2D eigenvalue weighted by atomic mass is 9.94. The molecule has 1 heterocycles. The van der Waals surface area contributed by atoms with Crippen LogP contribution in [-0.2, 0) is 14.8 Å². The number of piperazine rings is 1. The lowest BCUT2D eigenvalue weighted by molar-refractivity contribution is -0.114. The zero-order valence-corrected chi connectivity index (χ0v) is 18.3. The van der Waals surface area contributed by atoms with Gasteiger partial charge >= 0.3 is 0 Å². The average molecular weight is 426 g/mol. The van der Waals surface area contributed by atoms with Crippen LogP contribution >= 0.6 is 0 Å². The van der Waals surface area contributed by atoms with E-state index in [0.29, 0.717) is 30.6 Å². The van der Waals surface area contributed by atoms with Gasteiger partial charge in [0.1, 0.15) is 16.4 Å². The highest BCUT2D eigenvalue weighted by Crippen LogP contribution is 2.37. The summed E-state index contributed by atoms with van der Waals surface area (Å²) in [7, 11) is -0.887. The third-order valence-corrected chi connectivity index (χ3v) is 7.70. The van der Waals surface area contributed by atoms with E-state index in [9.17, 15) is 13.2 Å². The van der Waals surface area contributed by atoms with Gasteiger partial charge in [-0.05, 0) is 18.9 Å². The number of methoxy groups -OCH3 is 2. The molecule has 1 aliphatic heterocycles. The quantitative estimate of drug-likeness (QED) is 0.752. The third-order valence-electron chi connectivity index (χ3n) is 5.78. The van der Waals surface area contributed by atoms with Gasteiger partial charge in [0.05, 0.1) is 19.9 Å². The molecule has 1 aliphatic carbocycles. The van der Waals surface area contributed by atoms with E-state index in [1.807, 2.05) is 0 Å². The van der Waals surface area contributed by atoms with Gasteiger partial charge in [0.2, 0.25) is 15.9 Å². The van der Waals surface area contributed by atoms with Gasteiger partial charge in [-0.15, -0.1) is 0 Å². The molecule has 2 fully saturated rings. The molecule has 0 atom stereocenters. The normalized spacial score (nSPS) is 19.7. The molecule has 29 heavy (non-hydrogen) atoms. The Labute approximate surface area is 173 Å². The highest BCUT2D eigenvalue weighted by Gasteiger charge is 2.34. The summed E-state index contributed by atoms with van der Waals surface area (Å²) in [5.74, 6) is 0.238. The topological polar surface area (TPSA) is 88.2 Å². The summed E-state index contributed by atoms with van der Waals surface area (Å²) in [6, 6.07) is 3.49. The minimum absolute atomic E-state index is 0.0377. The fraction of sp³-hybridized carbons (Fsp3) is 0.650. The standard InChI is InChI=1S/C20H31N3O5S/c1-15(24)21-17-13-20(19(28-3)14-18(17)27-2)29(25,26)23-11-9-22(10-12-23)16-7-5-4-6-8-16/h13-14,16H,4-12H2,1-3H3,(H,21,24). The molecule has 0 bridgehead atoms. The molecular weight excluding hydrogens is 394 g/mol. The van der Waals surface area contributed by atoms with Gasteiger partial charge < -0.3 is 14.8 Å². The Bertz CT molecular complexity index is 829. The number of hydrogen-bond donors (Lipinski definition) is 1. The summed E-state index contributed by atoms with van der Waals surface area (Å²) in [4.78, 5) is 14.0. The first kappa shape index (κ1) is 21.9. The number of anilines is 1. The fourth-order valence-corrected chi connectivity index (χ4v) is 5.84. The molecule has 0 aromatic heterocycles. The van der Waals surface area contributed by atoms with Crippen molar-refractivity contribution < 1.29 is 22.7 Å². The van der Waals surface area contributed by atoms with Gasteiger partial charge in [0.25, 0.3) is 0 Å². The van der Waals surface area contributed by atoms with Crippen molar-refractivity contribution in [3.8, 4) is 11.5 Å². The van der Waals surface area contributed by atoms with Crippen LogP contribution in [0.3, 0.4) is 0 Å². The molecule has 162 valence electrons. The van der Waals surface area contributed by atoms with Crippen molar-refractivity contribution in [3.05, 3.63) is 12.1 Å². The number of rotatable bonds is 6. The first-order valence-corrected chi connectivity index (χ1v) is 11.6. The van der Waals surface area contributed by atoms with Crippen LogP contribution in [0.15, 0.2) is 17.0 Å². The van der Waals surface area contributed by atoms with E-state index in [0.717, 1.165) is 13.1 Å². The van der Waals surface area contributed by atoms with Crippen LogP contribution in [0.25, 0.3) is 0 Å². The highest BCUT2D eigenvalue weighted by atomic mass is 32.2. The molecule has 1 aromatic carbocycles. The molecule has 0 spiro atoms.